The van der Waals surface area contributed by atoms with Crippen LogP contribution in [-0.4, -0.2) is 52.4 Å². The second-order valence-corrected chi connectivity index (χ2v) is 10.3. The lowest BCUT2D eigenvalue weighted by atomic mass is 10.1. The van der Waals surface area contributed by atoms with Crippen LogP contribution in [0.25, 0.3) is 5.82 Å². The first-order valence-corrected chi connectivity index (χ1v) is 11.9. The summed E-state index contributed by atoms with van der Waals surface area (Å²) in [5.74, 6) is 1.16. The van der Waals surface area contributed by atoms with Crippen molar-refractivity contribution in [1.82, 2.24) is 25.1 Å². The number of hydrogen-bond donors (Lipinski definition) is 2. The average molecular weight is 457 g/mol. The average Bonchev–Trinajstić information content (AvgIpc) is 3.09. The van der Waals surface area contributed by atoms with Gasteiger partial charge in [-0.1, -0.05) is 12.1 Å². The molecule has 0 radical (unpaired) electrons. The van der Waals surface area contributed by atoms with Gasteiger partial charge in [0.25, 0.3) is 0 Å². The van der Waals surface area contributed by atoms with Crippen molar-refractivity contribution in [1.29, 1.82) is 0 Å². The molecule has 0 fully saturated rings. The lowest BCUT2D eigenvalue weighted by molar-refractivity contribution is -0.120. The van der Waals surface area contributed by atoms with Crippen LogP contribution in [0.15, 0.2) is 47.6 Å². The number of hydrogen-bond acceptors (Lipinski definition) is 7. The molecule has 3 aromatic rings. The Kier molecular flexibility index (Phi) is 7.24. The monoisotopic (exact) mass is 456 g/mol. The predicted molar refractivity (Wildman–Crippen MR) is 123 cm³/mol. The van der Waals surface area contributed by atoms with Gasteiger partial charge in [-0.3, -0.25) is 4.79 Å². The van der Waals surface area contributed by atoms with Crippen LogP contribution in [0.4, 0.5) is 5.82 Å². The molecule has 0 aliphatic heterocycles. The van der Waals surface area contributed by atoms with Gasteiger partial charge < -0.3 is 10.6 Å². The minimum atomic E-state index is -3.31. The van der Waals surface area contributed by atoms with Gasteiger partial charge in [0, 0.05) is 24.8 Å². The van der Waals surface area contributed by atoms with Crippen LogP contribution in [0, 0.1) is 13.8 Å². The van der Waals surface area contributed by atoms with Crippen molar-refractivity contribution in [3.8, 4) is 5.82 Å². The molecule has 2 heterocycles. The molecule has 1 amide bonds. The van der Waals surface area contributed by atoms with Gasteiger partial charge in [0.1, 0.15) is 12.1 Å². The molecule has 10 heteroatoms. The number of anilines is 1. The molecule has 0 aliphatic rings. The SMILES string of the molecule is Cc1cc(C)n(-c2cc(NCCNC(=O)Cc3ccc(S(=O)(=O)C(C)C)cc3)ncn2)n1. The summed E-state index contributed by atoms with van der Waals surface area (Å²) in [6, 6.07) is 10.2. The normalized spacial score (nSPS) is 11.5. The Bertz CT molecular complexity index is 1190. The van der Waals surface area contributed by atoms with Crippen molar-refractivity contribution >= 4 is 21.6 Å². The molecule has 0 saturated carbocycles. The van der Waals surface area contributed by atoms with E-state index in [9.17, 15) is 13.2 Å². The van der Waals surface area contributed by atoms with E-state index in [1.54, 1.807) is 48.9 Å². The van der Waals surface area contributed by atoms with Gasteiger partial charge in [-0.05, 0) is 51.5 Å². The molecule has 0 atom stereocenters. The summed E-state index contributed by atoms with van der Waals surface area (Å²) in [5.41, 5.74) is 2.65. The van der Waals surface area contributed by atoms with Crippen LogP contribution in [0.3, 0.4) is 0 Å². The minimum absolute atomic E-state index is 0.141. The highest BCUT2D eigenvalue weighted by molar-refractivity contribution is 7.92. The van der Waals surface area contributed by atoms with Gasteiger partial charge in [-0.25, -0.2) is 23.1 Å². The van der Waals surface area contributed by atoms with E-state index in [0.717, 1.165) is 17.0 Å². The molecule has 1 aromatic carbocycles. The van der Waals surface area contributed by atoms with E-state index in [-0.39, 0.29) is 17.2 Å². The largest absolute Gasteiger partial charge is 0.368 e. The van der Waals surface area contributed by atoms with E-state index in [1.165, 1.54) is 6.33 Å². The molecule has 170 valence electrons. The van der Waals surface area contributed by atoms with Crippen LogP contribution < -0.4 is 10.6 Å². The number of nitrogens with zero attached hydrogens (tertiary/aromatic N) is 4. The zero-order valence-corrected chi connectivity index (χ0v) is 19.5. The highest BCUT2D eigenvalue weighted by Gasteiger charge is 2.18. The molecule has 0 bridgehead atoms. The maximum absolute atomic E-state index is 12.2. The molecule has 0 aliphatic carbocycles. The van der Waals surface area contributed by atoms with Crippen molar-refractivity contribution in [3.05, 3.63) is 59.7 Å². The number of nitrogens with one attached hydrogen (secondary N) is 2. The second kappa shape index (κ2) is 9.90. The molecular formula is C22H28N6O3S. The number of amides is 1. The summed E-state index contributed by atoms with van der Waals surface area (Å²) in [5, 5.41) is 9.94. The number of aryl methyl sites for hydroxylation is 2. The fraction of sp³-hybridized carbons (Fsp3) is 0.364. The fourth-order valence-electron chi connectivity index (χ4n) is 3.13. The van der Waals surface area contributed by atoms with E-state index in [1.807, 2.05) is 19.9 Å². The molecular weight excluding hydrogens is 428 g/mol. The highest BCUT2D eigenvalue weighted by Crippen LogP contribution is 2.17. The zero-order chi connectivity index (χ0) is 23.3. The summed E-state index contributed by atoms with van der Waals surface area (Å²) < 4.78 is 26.1. The van der Waals surface area contributed by atoms with Crippen LogP contribution in [-0.2, 0) is 21.1 Å². The van der Waals surface area contributed by atoms with E-state index >= 15 is 0 Å². The van der Waals surface area contributed by atoms with Gasteiger partial charge in [-0.2, -0.15) is 5.10 Å². The standard InChI is InChI=1S/C22H28N6O3S/c1-15(2)32(30,31)19-7-5-18(6-8-19)12-22(29)24-10-9-23-20-13-21(26-14-25-20)28-17(4)11-16(3)27-28/h5-8,11,13-15H,9-10,12H2,1-4H3,(H,24,29)(H,23,25,26). The summed E-state index contributed by atoms with van der Waals surface area (Å²) in [6.07, 6.45) is 1.65. The highest BCUT2D eigenvalue weighted by atomic mass is 32.2. The van der Waals surface area contributed by atoms with Crippen LogP contribution in [0.5, 0.6) is 0 Å². The van der Waals surface area contributed by atoms with Gasteiger partial charge in [0.05, 0.1) is 22.3 Å². The van der Waals surface area contributed by atoms with E-state index in [0.29, 0.717) is 24.7 Å². The molecule has 0 saturated heterocycles. The fourth-order valence-corrected chi connectivity index (χ4v) is 4.19. The zero-order valence-electron chi connectivity index (χ0n) is 18.7. The third-order valence-corrected chi connectivity index (χ3v) is 7.04. The lowest BCUT2D eigenvalue weighted by Gasteiger charge is -2.10. The third-order valence-electron chi connectivity index (χ3n) is 4.87. The molecule has 0 spiro atoms. The number of carbonyl (C=O) groups excluding carboxylic acids is 1. The Balaban J connectivity index is 1.48. The van der Waals surface area contributed by atoms with Crippen molar-refractivity contribution in [2.24, 2.45) is 0 Å². The molecule has 2 aromatic heterocycles. The Morgan fingerprint density at radius 2 is 1.78 bits per heavy atom. The quantitative estimate of drug-likeness (QED) is 0.474. The van der Waals surface area contributed by atoms with Crippen LogP contribution >= 0.6 is 0 Å². The predicted octanol–water partition coefficient (Wildman–Crippen LogP) is 2.23. The first-order chi connectivity index (χ1) is 15.2. The summed E-state index contributed by atoms with van der Waals surface area (Å²) in [4.78, 5) is 20.9. The molecule has 2 N–H and O–H groups in total. The lowest BCUT2D eigenvalue weighted by Crippen LogP contribution is -2.30. The van der Waals surface area contributed by atoms with E-state index in [2.05, 4.69) is 25.7 Å². The maximum atomic E-state index is 12.2. The topological polar surface area (TPSA) is 119 Å². The summed E-state index contributed by atoms with van der Waals surface area (Å²) >= 11 is 0. The van der Waals surface area contributed by atoms with E-state index in [4.69, 9.17) is 0 Å². The number of aromatic nitrogens is 4. The Hall–Kier alpha value is -3.27. The Morgan fingerprint density at radius 3 is 2.41 bits per heavy atom. The second-order valence-electron chi connectivity index (χ2n) is 7.79. The van der Waals surface area contributed by atoms with Gasteiger partial charge >= 0.3 is 0 Å². The van der Waals surface area contributed by atoms with Crippen molar-refractivity contribution < 1.29 is 13.2 Å². The van der Waals surface area contributed by atoms with Gasteiger partial charge in [0.15, 0.2) is 15.7 Å². The van der Waals surface area contributed by atoms with Gasteiger partial charge in [-0.15, -0.1) is 0 Å². The number of benzene rings is 1. The Morgan fingerprint density at radius 1 is 1.06 bits per heavy atom. The van der Waals surface area contributed by atoms with E-state index < -0.39 is 15.1 Å². The van der Waals surface area contributed by atoms with Crippen LogP contribution in [0.2, 0.25) is 0 Å². The maximum Gasteiger partial charge on any atom is 0.224 e. The number of sulfone groups is 1. The number of rotatable bonds is 9. The first-order valence-electron chi connectivity index (χ1n) is 10.4. The van der Waals surface area contributed by atoms with Crippen LogP contribution in [0.1, 0.15) is 30.8 Å². The molecule has 0 unspecified atom stereocenters. The smallest absolute Gasteiger partial charge is 0.224 e. The number of carbonyl (C=O) groups is 1. The third kappa shape index (κ3) is 5.70. The van der Waals surface area contributed by atoms with Crippen molar-refractivity contribution in [2.75, 3.05) is 18.4 Å². The molecule has 32 heavy (non-hydrogen) atoms. The van der Waals surface area contributed by atoms with Crippen molar-refractivity contribution in [2.45, 2.75) is 44.3 Å². The summed E-state index contributed by atoms with van der Waals surface area (Å²) in [7, 11) is -3.31. The molecule has 3 rings (SSSR count). The summed E-state index contributed by atoms with van der Waals surface area (Å²) in [6.45, 7) is 8.08. The Labute approximate surface area is 188 Å². The molecule has 9 nitrogen and oxygen atoms in total. The minimum Gasteiger partial charge on any atom is -0.368 e. The first kappa shape index (κ1) is 23.4. The van der Waals surface area contributed by atoms with Gasteiger partial charge in [0.2, 0.25) is 5.91 Å². The van der Waals surface area contributed by atoms with Crippen molar-refractivity contribution in [3.63, 3.8) is 0 Å².